The first kappa shape index (κ1) is 15.7. The van der Waals surface area contributed by atoms with E-state index in [-0.39, 0.29) is 23.3 Å². The highest BCUT2D eigenvalue weighted by atomic mass is 19.1. The number of halogens is 3. The van der Waals surface area contributed by atoms with Crippen LogP contribution in [0.5, 0.6) is 0 Å². The summed E-state index contributed by atoms with van der Waals surface area (Å²) < 4.78 is 40.1. The van der Waals surface area contributed by atoms with Crippen molar-refractivity contribution in [2.45, 2.75) is 6.54 Å². The van der Waals surface area contributed by atoms with Gasteiger partial charge in [0.15, 0.2) is 5.82 Å². The zero-order valence-electron chi connectivity index (χ0n) is 12.3. The van der Waals surface area contributed by atoms with E-state index in [1.807, 2.05) is 0 Å². The Labute approximate surface area is 135 Å². The van der Waals surface area contributed by atoms with Gasteiger partial charge in [-0.25, -0.2) is 13.2 Å². The van der Waals surface area contributed by atoms with Crippen molar-refractivity contribution in [2.24, 2.45) is 0 Å². The average molecular weight is 331 g/mol. The Hall–Kier alpha value is -3.16. The minimum atomic E-state index is -0.741. The maximum absolute atomic E-state index is 13.6. The number of hydrogen-bond acceptors (Lipinski definition) is 5. The number of benzene rings is 2. The van der Waals surface area contributed by atoms with Gasteiger partial charge in [0, 0.05) is 6.54 Å². The van der Waals surface area contributed by atoms with Crippen molar-refractivity contribution in [3.05, 3.63) is 71.7 Å². The van der Waals surface area contributed by atoms with Crippen LogP contribution in [0.4, 0.5) is 30.6 Å². The second-order valence-electron chi connectivity index (χ2n) is 4.87. The lowest BCUT2D eigenvalue weighted by atomic mass is 10.2. The number of nitrogens with one attached hydrogen (secondary N) is 2. The van der Waals surface area contributed by atoms with E-state index in [9.17, 15) is 13.2 Å². The van der Waals surface area contributed by atoms with Crippen LogP contribution in [-0.4, -0.2) is 15.2 Å². The van der Waals surface area contributed by atoms with E-state index >= 15 is 0 Å². The highest BCUT2D eigenvalue weighted by molar-refractivity contribution is 5.57. The highest BCUT2D eigenvalue weighted by Gasteiger charge is 2.10. The highest BCUT2D eigenvalue weighted by Crippen LogP contribution is 2.21. The number of para-hydroxylation sites is 1. The molecule has 24 heavy (non-hydrogen) atoms. The number of anilines is 3. The Morgan fingerprint density at radius 1 is 0.917 bits per heavy atom. The summed E-state index contributed by atoms with van der Waals surface area (Å²) in [5, 5.41) is 12.9. The lowest BCUT2D eigenvalue weighted by Gasteiger charge is -2.09. The molecular formula is C16H12F3N5. The molecule has 0 aliphatic rings. The average Bonchev–Trinajstić information content (AvgIpc) is 2.58. The summed E-state index contributed by atoms with van der Waals surface area (Å²) in [6.07, 6.45) is 1.24. The minimum Gasteiger partial charge on any atom is -0.349 e. The standard InChI is InChI=1S/C16H12F3N5/c17-11-6-4-10(5-7-11)8-20-16-23-14(9-21-24-16)22-15-12(18)2-1-3-13(15)19/h1-7,9H,8H2,(H2,20,22,23,24). The van der Waals surface area contributed by atoms with Crippen LogP contribution in [-0.2, 0) is 6.54 Å². The molecule has 0 spiro atoms. The van der Waals surface area contributed by atoms with Gasteiger partial charge in [-0.05, 0) is 29.8 Å². The van der Waals surface area contributed by atoms with Gasteiger partial charge in [-0.15, -0.1) is 5.10 Å². The quantitative estimate of drug-likeness (QED) is 0.747. The summed E-state index contributed by atoms with van der Waals surface area (Å²) >= 11 is 0. The van der Waals surface area contributed by atoms with Crippen molar-refractivity contribution in [1.82, 2.24) is 15.2 Å². The normalized spacial score (nSPS) is 10.5. The largest absolute Gasteiger partial charge is 0.349 e. The van der Waals surface area contributed by atoms with E-state index in [4.69, 9.17) is 0 Å². The van der Waals surface area contributed by atoms with Gasteiger partial charge < -0.3 is 10.6 Å². The van der Waals surface area contributed by atoms with Crippen LogP contribution in [0, 0.1) is 17.5 Å². The van der Waals surface area contributed by atoms with Crippen molar-refractivity contribution in [3.8, 4) is 0 Å². The maximum atomic E-state index is 13.6. The molecule has 0 bridgehead atoms. The Balaban J connectivity index is 1.71. The van der Waals surface area contributed by atoms with Gasteiger partial charge >= 0.3 is 0 Å². The molecule has 8 heteroatoms. The van der Waals surface area contributed by atoms with Crippen molar-refractivity contribution < 1.29 is 13.2 Å². The Bertz CT molecular complexity index is 819. The molecule has 122 valence electrons. The lowest BCUT2D eigenvalue weighted by Crippen LogP contribution is -2.07. The third-order valence-electron chi connectivity index (χ3n) is 3.14. The smallest absolute Gasteiger partial charge is 0.244 e. The molecule has 0 aliphatic carbocycles. The van der Waals surface area contributed by atoms with Crippen LogP contribution in [0.15, 0.2) is 48.7 Å². The van der Waals surface area contributed by atoms with E-state index in [0.717, 1.165) is 17.7 Å². The number of nitrogens with zero attached hydrogens (tertiary/aromatic N) is 3. The predicted octanol–water partition coefficient (Wildman–Crippen LogP) is 3.64. The summed E-state index contributed by atoms with van der Waals surface area (Å²) in [6.45, 7) is 0.347. The van der Waals surface area contributed by atoms with E-state index in [1.54, 1.807) is 12.1 Å². The molecule has 2 aromatic carbocycles. The number of hydrogen-bond donors (Lipinski definition) is 2. The van der Waals surface area contributed by atoms with Crippen molar-refractivity contribution in [3.63, 3.8) is 0 Å². The molecule has 0 amide bonds. The fourth-order valence-electron chi connectivity index (χ4n) is 1.97. The zero-order chi connectivity index (χ0) is 16.9. The Morgan fingerprint density at radius 3 is 2.33 bits per heavy atom. The van der Waals surface area contributed by atoms with Gasteiger partial charge in [-0.2, -0.15) is 10.1 Å². The molecule has 0 unspecified atom stereocenters. The van der Waals surface area contributed by atoms with Gasteiger partial charge in [0.05, 0.1) is 6.20 Å². The summed E-state index contributed by atoms with van der Waals surface area (Å²) in [6, 6.07) is 9.45. The molecule has 0 saturated carbocycles. The van der Waals surface area contributed by atoms with Gasteiger partial charge in [0.2, 0.25) is 5.95 Å². The molecule has 5 nitrogen and oxygen atoms in total. The first-order valence-electron chi connectivity index (χ1n) is 7.01. The molecule has 0 fully saturated rings. The summed E-state index contributed by atoms with van der Waals surface area (Å²) in [5.74, 6) is -1.50. The van der Waals surface area contributed by atoms with Crippen LogP contribution in [0.3, 0.4) is 0 Å². The van der Waals surface area contributed by atoms with Gasteiger partial charge in [-0.3, -0.25) is 0 Å². The van der Waals surface area contributed by atoms with Crippen LogP contribution >= 0.6 is 0 Å². The maximum Gasteiger partial charge on any atom is 0.244 e. The first-order chi connectivity index (χ1) is 11.6. The molecule has 0 atom stereocenters. The molecule has 1 aromatic heterocycles. The summed E-state index contributed by atoms with van der Waals surface area (Å²) in [7, 11) is 0. The first-order valence-corrected chi connectivity index (χ1v) is 7.01. The SMILES string of the molecule is Fc1ccc(CNc2nncc(Nc3c(F)cccc3F)n2)cc1. The molecule has 0 saturated heterocycles. The molecule has 1 heterocycles. The van der Waals surface area contributed by atoms with Gasteiger partial charge in [0.25, 0.3) is 0 Å². The molecule has 0 aliphatic heterocycles. The topological polar surface area (TPSA) is 62.7 Å². The summed E-state index contributed by atoms with van der Waals surface area (Å²) in [5.41, 5.74) is 0.501. The van der Waals surface area contributed by atoms with Gasteiger partial charge in [-0.1, -0.05) is 18.2 Å². The Kier molecular flexibility index (Phi) is 4.55. The van der Waals surface area contributed by atoms with E-state index in [0.29, 0.717) is 6.54 Å². The van der Waals surface area contributed by atoms with E-state index in [1.165, 1.54) is 24.4 Å². The summed E-state index contributed by atoms with van der Waals surface area (Å²) in [4.78, 5) is 4.08. The van der Waals surface area contributed by atoms with Crippen LogP contribution in [0.25, 0.3) is 0 Å². The van der Waals surface area contributed by atoms with Crippen molar-refractivity contribution in [1.29, 1.82) is 0 Å². The van der Waals surface area contributed by atoms with Crippen molar-refractivity contribution >= 4 is 17.5 Å². The van der Waals surface area contributed by atoms with Crippen LogP contribution in [0.2, 0.25) is 0 Å². The fraction of sp³-hybridized carbons (Fsp3) is 0.0625. The number of rotatable bonds is 5. The van der Waals surface area contributed by atoms with Crippen LogP contribution < -0.4 is 10.6 Å². The third kappa shape index (κ3) is 3.78. The zero-order valence-corrected chi connectivity index (χ0v) is 12.3. The second-order valence-corrected chi connectivity index (χ2v) is 4.87. The monoisotopic (exact) mass is 331 g/mol. The molecule has 2 N–H and O–H groups in total. The molecule has 3 rings (SSSR count). The fourth-order valence-corrected chi connectivity index (χ4v) is 1.97. The third-order valence-corrected chi connectivity index (χ3v) is 3.14. The van der Waals surface area contributed by atoms with Crippen molar-refractivity contribution in [2.75, 3.05) is 10.6 Å². The Morgan fingerprint density at radius 2 is 1.62 bits per heavy atom. The minimum absolute atomic E-state index is 0.135. The van der Waals surface area contributed by atoms with E-state index < -0.39 is 11.6 Å². The lowest BCUT2D eigenvalue weighted by molar-refractivity contribution is 0.590. The second kappa shape index (κ2) is 6.95. The molecular weight excluding hydrogens is 319 g/mol. The molecule has 3 aromatic rings. The predicted molar refractivity (Wildman–Crippen MR) is 83.2 cm³/mol. The van der Waals surface area contributed by atoms with Gasteiger partial charge in [0.1, 0.15) is 23.1 Å². The van der Waals surface area contributed by atoms with E-state index in [2.05, 4.69) is 25.8 Å². The molecule has 0 radical (unpaired) electrons. The number of aromatic nitrogens is 3. The van der Waals surface area contributed by atoms with Crippen LogP contribution in [0.1, 0.15) is 5.56 Å².